The van der Waals surface area contributed by atoms with Gasteiger partial charge in [0, 0.05) is 23.7 Å². The first-order valence-corrected chi connectivity index (χ1v) is 8.39. The Morgan fingerprint density at radius 3 is 2.57 bits per heavy atom. The average molecular weight is 356 g/mol. The van der Waals surface area contributed by atoms with Gasteiger partial charge in [-0.15, -0.1) is 21.5 Å². The molecule has 0 spiro atoms. The lowest BCUT2D eigenvalue weighted by molar-refractivity contribution is -0.137. The van der Waals surface area contributed by atoms with Crippen molar-refractivity contribution in [1.82, 2.24) is 19.7 Å². The molecule has 3 aromatic rings. The number of aromatic nitrogens is 4. The average Bonchev–Trinajstić information content (AvgIpc) is 3.13. The zero-order valence-corrected chi connectivity index (χ0v) is 13.5. The van der Waals surface area contributed by atoms with Crippen LogP contribution in [0.25, 0.3) is 10.6 Å². The van der Waals surface area contributed by atoms with Crippen molar-refractivity contribution >= 4 is 23.1 Å². The quantitative estimate of drug-likeness (QED) is 0.656. The number of thiazole rings is 1. The van der Waals surface area contributed by atoms with E-state index in [2.05, 4.69) is 15.2 Å². The van der Waals surface area contributed by atoms with Crippen LogP contribution in [-0.4, -0.2) is 19.7 Å². The van der Waals surface area contributed by atoms with Gasteiger partial charge in [-0.25, -0.2) is 4.98 Å². The van der Waals surface area contributed by atoms with Crippen molar-refractivity contribution in [1.29, 1.82) is 0 Å². The van der Waals surface area contributed by atoms with Crippen LogP contribution < -0.4 is 0 Å². The molecule has 0 unspecified atom stereocenters. The van der Waals surface area contributed by atoms with Gasteiger partial charge in [0.1, 0.15) is 11.3 Å². The number of halogens is 3. The zero-order chi connectivity index (χ0) is 16.4. The Morgan fingerprint density at radius 1 is 1.22 bits per heavy atom. The molecule has 2 aromatic heterocycles. The molecule has 9 heteroatoms. The summed E-state index contributed by atoms with van der Waals surface area (Å²) in [7, 11) is 1.86. The van der Waals surface area contributed by atoms with Crippen LogP contribution in [-0.2, 0) is 19.0 Å². The highest BCUT2D eigenvalue weighted by molar-refractivity contribution is 7.98. The zero-order valence-electron chi connectivity index (χ0n) is 11.9. The van der Waals surface area contributed by atoms with E-state index < -0.39 is 11.7 Å². The molecule has 0 fully saturated rings. The molecule has 0 amide bonds. The van der Waals surface area contributed by atoms with Crippen molar-refractivity contribution < 1.29 is 13.2 Å². The summed E-state index contributed by atoms with van der Waals surface area (Å²) in [5, 5.41) is 11.2. The van der Waals surface area contributed by atoms with E-state index in [1.54, 1.807) is 6.33 Å². The Kier molecular flexibility index (Phi) is 4.40. The summed E-state index contributed by atoms with van der Waals surface area (Å²) in [5.41, 5.74) is 0.881. The molecule has 0 aliphatic heterocycles. The number of aryl methyl sites for hydroxylation is 1. The smallest absolute Gasteiger partial charge is 0.312 e. The molecule has 0 bridgehead atoms. The highest BCUT2D eigenvalue weighted by Crippen LogP contribution is 2.32. The number of hydrogen-bond donors (Lipinski definition) is 0. The molecule has 4 nitrogen and oxygen atoms in total. The van der Waals surface area contributed by atoms with Gasteiger partial charge < -0.3 is 4.57 Å². The SMILES string of the molecule is Cn1cnnc1SCc1csc(-c2ccc(C(F)(F)F)cc2)n1. The van der Waals surface area contributed by atoms with E-state index in [0.29, 0.717) is 16.3 Å². The van der Waals surface area contributed by atoms with Gasteiger partial charge in [0.25, 0.3) is 0 Å². The van der Waals surface area contributed by atoms with Gasteiger partial charge in [0.15, 0.2) is 5.16 Å². The van der Waals surface area contributed by atoms with E-state index in [4.69, 9.17) is 0 Å². The van der Waals surface area contributed by atoms with Crippen LogP contribution in [0, 0.1) is 0 Å². The fourth-order valence-corrected chi connectivity index (χ4v) is 3.56. The summed E-state index contributed by atoms with van der Waals surface area (Å²) in [4.78, 5) is 4.46. The second-order valence-electron chi connectivity index (χ2n) is 4.73. The van der Waals surface area contributed by atoms with Crippen molar-refractivity contribution in [2.75, 3.05) is 0 Å². The minimum absolute atomic E-state index is 0.629. The lowest BCUT2D eigenvalue weighted by Crippen LogP contribution is -2.03. The summed E-state index contributed by atoms with van der Waals surface area (Å²) >= 11 is 2.91. The second-order valence-corrected chi connectivity index (χ2v) is 6.53. The molecule has 120 valence electrons. The van der Waals surface area contributed by atoms with E-state index in [0.717, 1.165) is 23.0 Å². The Bertz CT molecular complexity index is 793. The normalized spacial score (nSPS) is 11.8. The van der Waals surface area contributed by atoms with E-state index >= 15 is 0 Å². The number of alkyl halides is 3. The lowest BCUT2D eigenvalue weighted by atomic mass is 10.1. The molecule has 0 aliphatic carbocycles. The minimum atomic E-state index is -4.32. The van der Waals surface area contributed by atoms with E-state index in [-0.39, 0.29) is 0 Å². The number of benzene rings is 1. The maximum absolute atomic E-state index is 12.6. The van der Waals surface area contributed by atoms with Crippen LogP contribution in [0.3, 0.4) is 0 Å². The van der Waals surface area contributed by atoms with Gasteiger partial charge in [-0.3, -0.25) is 0 Å². The summed E-state index contributed by atoms with van der Waals surface area (Å²) in [6.45, 7) is 0. The fourth-order valence-electron chi connectivity index (χ4n) is 1.85. The van der Waals surface area contributed by atoms with Gasteiger partial charge in [-0.1, -0.05) is 23.9 Å². The van der Waals surface area contributed by atoms with Crippen molar-refractivity contribution in [2.24, 2.45) is 7.05 Å². The first-order valence-electron chi connectivity index (χ1n) is 6.52. The predicted octanol–water partition coefficient (Wildman–Crippen LogP) is 4.25. The molecule has 0 atom stereocenters. The highest BCUT2D eigenvalue weighted by Gasteiger charge is 2.30. The first-order chi connectivity index (χ1) is 10.9. The molecule has 0 radical (unpaired) electrons. The third kappa shape index (κ3) is 3.73. The third-order valence-electron chi connectivity index (χ3n) is 3.03. The monoisotopic (exact) mass is 356 g/mol. The van der Waals surface area contributed by atoms with Crippen LogP contribution in [0.2, 0.25) is 0 Å². The molecular weight excluding hydrogens is 345 g/mol. The second kappa shape index (κ2) is 6.32. The van der Waals surface area contributed by atoms with Crippen LogP contribution >= 0.6 is 23.1 Å². The molecule has 1 aromatic carbocycles. The molecule has 0 N–H and O–H groups in total. The summed E-state index contributed by atoms with van der Waals surface area (Å²) in [6, 6.07) is 5.04. The lowest BCUT2D eigenvalue weighted by Gasteiger charge is -2.06. The van der Waals surface area contributed by atoms with Crippen LogP contribution in [0.1, 0.15) is 11.3 Å². The Labute approximate surface area is 138 Å². The number of hydrogen-bond acceptors (Lipinski definition) is 5. The molecule has 0 aliphatic rings. The largest absolute Gasteiger partial charge is 0.416 e. The first kappa shape index (κ1) is 16.0. The molecule has 23 heavy (non-hydrogen) atoms. The number of rotatable bonds is 4. The standard InChI is InChI=1S/C14H11F3N4S2/c1-21-8-18-20-13(21)23-7-11-6-22-12(19-11)9-2-4-10(5-3-9)14(15,16)17/h2-6,8H,7H2,1H3. The third-order valence-corrected chi connectivity index (χ3v) is 5.04. The highest BCUT2D eigenvalue weighted by atomic mass is 32.2. The van der Waals surface area contributed by atoms with Gasteiger partial charge >= 0.3 is 6.18 Å². The summed E-state index contributed by atoms with van der Waals surface area (Å²) in [5.74, 6) is 0.629. The van der Waals surface area contributed by atoms with E-state index in [1.807, 2.05) is 17.0 Å². The maximum atomic E-state index is 12.6. The van der Waals surface area contributed by atoms with Crippen molar-refractivity contribution in [3.63, 3.8) is 0 Å². The van der Waals surface area contributed by atoms with Crippen molar-refractivity contribution in [2.45, 2.75) is 17.1 Å². The van der Waals surface area contributed by atoms with Gasteiger partial charge in [0.2, 0.25) is 0 Å². The van der Waals surface area contributed by atoms with Crippen molar-refractivity contribution in [3.05, 3.63) is 47.2 Å². The predicted molar refractivity (Wildman–Crippen MR) is 83.1 cm³/mol. The number of thioether (sulfide) groups is 1. The molecule has 3 rings (SSSR count). The Morgan fingerprint density at radius 2 is 1.96 bits per heavy atom. The maximum Gasteiger partial charge on any atom is 0.416 e. The van der Waals surface area contributed by atoms with Crippen molar-refractivity contribution in [3.8, 4) is 10.6 Å². The molecular formula is C14H11F3N4S2. The van der Waals surface area contributed by atoms with E-state index in [9.17, 15) is 13.2 Å². The topological polar surface area (TPSA) is 43.6 Å². The minimum Gasteiger partial charge on any atom is -0.312 e. The van der Waals surface area contributed by atoms with Gasteiger partial charge in [-0.05, 0) is 12.1 Å². The van der Waals surface area contributed by atoms with Gasteiger partial charge in [0.05, 0.1) is 11.3 Å². The molecule has 2 heterocycles. The Hall–Kier alpha value is -1.87. The summed E-state index contributed by atoms with van der Waals surface area (Å²) < 4.78 is 39.5. The van der Waals surface area contributed by atoms with Crippen LogP contribution in [0.4, 0.5) is 13.2 Å². The Balaban J connectivity index is 1.70. The summed E-state index contributed by atoms with van der Waals surface area (Å²) in [6.07, 6.45) is -2.70. The molecule has 0 saturated heterocycles. The molecule has 0 saturated carbocycles. The fraction of sp³-hybridized carbons (Fsp3) is 0.214. The van der Waals surface area contributed by atoms with Gasteiger partial charge in [-0.2, -0.15) is 13.2 Å². The number of nitrogens with zero attached hydrogens (tertiary/aromatic N) is 4. The van der Waals surface area contributed by atoms with Crippen LogP contribution in [0.5, 0.6) is 0 Å². The van der Waals surface area contributed by atoms with E-state index in [1.165, 1.54) is 35.2 Å². The van der Waals surface area contributed by atoms with Crippen LogP contribution in [0.15, 0.2) is 41.1 Å².